The van der Waals surface area contributed by atoms with E-state index in [0.717, 1.165) is 57.8 Å². The number of aliphatic imine (C=N–C) groups is 1. The molecule has 2 unspecified atom stereocenters. The Bertz CT molecular complexity index is 3730. The molecule has 11 aromatic rings. The fourth-order valence-corrected chi connectivity index (χ4v) is 10.6. The highest BCUT2D eigenvalue weighted by Gasteiger charge is 2.29. The van der Waals surface area contributed by atoms with Gasteiger partial charge in [-0.15, -0.1) is 0 Å². The number of nitrogens with one attached hydrogen (secondary N) is 2. The molecule has 5 nitrogen and oxygen atoms in total. The number of para-hydroxylation sites is 1. The van der Waals surface area contributed by atoms with Gasteiger partial charge in [0.05, 0.1) is 22.2 Å². The molecular weight excluding hydrogens is 827 g/mol. The van der Waals surface area contributed by atoms with E-state index in [-0.39, 0.29) is 12.3 Å². The van der Waals surface area contributed by atoms with Crippen molar-refractivity contribution in [2.45, 2.75) is 25.2 Å². The molecule has 0 fully saturated rings. The third kappa shape index (κ3) is 6.95. The Balaban J connectivity index is 1.02. The number of hydrogen-bond donors (Lipinski definition) is 2. The van der Waals surface area contributed by atoms with E-state index in [1.165, 1.54) is 66.3 Å². The number of amidine groups is 1. The van der Waals surface area contributed by atoms with Crippen molar-refractivity contribution in [2.24, 2.45) is 4.99 Å². The lowest BCUT2D eigenvalue weighted by molar-refractivity contribution is 0.408. The molecule has 1 aliphatic heterocycles. The molecule has 0 spiro atoms. The lowest BCUT2D eigenvalue weighted by atomic mass is 9.99. The Morgan fingerprint density at radius 1 is 0.441 bits per heavy atom. The van der Waals surface area contributed by atoms with E-state index >= 15 is 0 Å². The molecule has 2 atom stereocenters. The molecule has 0 saturated heterocycles. The third-order valence-electron chi connectivity index (χ3n) is 13.9. The second-order valence-corrected chi connectivity index (χ2v) is 17.9. The number of aromatic nitrogens is 2. The van der Waals surface area contributed by atoms with Gasteiger partial charge in [0.1, 0.15) is 18.2 Å². The number of benzene rings is 9. The zero-order chi connectivity index (χ0) is 45.0. The van der Waals surface area contributed by atoms with Crippen LogP contribution in [0.1, 0.15) is 46.7 Å². The van der Waals surface area contributed by atoms with E-state index < -0.39 is 0 Å². The molecule has 0 radical (unpaired) electrons. The molecule has 1 aliphatic carbocycles. The Kier molecular flexibility index (Phi) is 9.80. The van der Waals surface area contributed by atoms with Gasteiger partial charge in [0.25, 0.3) is 0 Å². The molecule has 2 aromatic heterocycles. The van der Waals surface area contributed by atoms with Crippen LogP contribution >= 0.6 is 0 Å². The molecule has 2 aliphatic rings. The first-order valence-electron chi connectivity index (χ1n) is 23.7. The first-order chi connectivity index (χ1) is 33.7. The predicted octanol–water partition coefficient (Wildman–Crippen LogP) is 15.0. The number of aryl methyl sites for hydroxylation is 1. The molecule has 0 bridgehead atoms. The van der Waals surface area contributed by atoms with Crippen LogP contribution in [0.3, 0.4) is 0 Å². The van der Waals surface area contributed by atoms with Gasteiger partial charge in [-0.25, -0.2) is 4.99 Å². The number of allylic oxidation sites excluding steroid dienone is 1. The summed E-state index contributed by atoms with van der Waals surface area (Å²) in [6.45, 7) is 0. The van der Waals surface area contributed by atoms with Crippen molar-refractivity contribution in [3.8, 4) is 44.8 Å². The second-order valence-electron chi connectivity index (χ2n) is 17.9. The summed E-state index contributed by atoms with van der Waals surface area (Å²) in [6.07, 6.45) is 6.11. The number of rotatable bonds is 8. The summed E-state index contributed by atoms with van der Waals surface area (Å²) in [5.74, 6) is 0.849. The number of fused-ring (bicyclic) bond motifs is 6. The minimum Gasteiger partial charge on any atom is -0.350 e. The average molecular weight is 874 g/mol. The van der Waals surface area contributed by atoms with Gasteiger partial charge >= 0.3 is 0 Å². The topological polar surface area (TPSA) is 46.3 Å². The van der Waals surface area contributed by atoms with E-state index in [0.29, 0.717) is 0 Å². The maximum Gasteiger partial charge on any atom is 0.131 e. The van der Waals surface area contributed by atoms with Crippen LogP contribution in [0.25, 0.3) is 83.5 Å². The predicted molar refractivity (Wildman–Crippen MR) is 282 cm³/mol. The second kappa shape index (κ2) is 16.7. The van der Waals surface area contributed by atoms with E-state index in [1.54, 1.807) is 0 Å². The quantitative estimate of drug-likeness (QED) is 0.160. The first-order valence-corrected chi connectivity index (χ1v) is 23.7. The van der Waals surface area contributed by atoms with E-state index in [9.17, 15) is 0 Å². The SMILES string of the molecule is C1=Cc2c(c3ccc(-c4ccccc4)cc3n2-c2ccc3c4ccc(-c5ccccc5)cc4n(-c4ccccc4C4N=C(c5ccccc5)NC(c5cccc(-c6ccccc6)c5)N4)c3c2)CC1. The van der Waals surface area contributed by atoms with Crippen molar-refractivity contribution in [2.75, 3.05) is 0 Å². The molecule has 0 amide bonds. The van der Waals surface area contributed by atoms with Crippen molar-refractivity contribution in [1.29, 1.82) is 0 Å². The van der Waals surface area contributed by atoms with Gasteiger partial charge in [-0.2, -0.15) is 0 Å². The van der Waals surface area contributed by atoms with E-state index in [4.69, 9.17) is 4.99 Å². The molecule has 2 N–H and O–H groups in total. The van der Waals surface area contributed by atoms with Gasteiger partial charge in [0.2, 0.25) is 0 Å². The summed E-state index contributed by atoms with van der Waals surface area (Å²) < 4.78 is 4.99. The van der Waals surface area contributed by atoms with Crippen LogP contribution in [-0.4, -0.2) is 15.0 Å². The minimum absolute atomic E-state index is 0.221. The molecule has 0 saturated carbocycles. The Morgan fingerprint density at radius 3 is 1.66 bits per heavy atom. The third-order valence-corrected chi connectivity index (χ3v) is 13.9. The van der Waals surface area contributed by atoms with Crippen LogP contribution < -0.4 is 10.6 Å². The van der Waals surface area contributed by atoms with E-state index in [1.807, 2.05) is 0 Å². The molecular formula is C63H47N5. The highest BCUT2D eigenvalue weighted by atomic mass is 15.3. The van der Waals surface area contributed by atoms with Crippen LogP contribution in [0.2, 0.25) is 0 Å². The van der Waals surface area contributed by atoms with Crippen molar-refractivity contribution >= 4 is 44.6 Å². The minimum atomic E-state index is -0.386. The summed E-state index contributed by atoms with van der Waals surface area (Å²) in [5, 5.41) is 11.5. The van der Waals surface area contributed by atoms with Gasteiger partial charge < -0.3 is 14.5 Å². The summed E-state index contributed by atoms with van der Waals surface area (Å²) in [6, 6.07) is 81.2. The molecule has 13 rings (SSSR count). The van der Waals surface area contributed by atoms with Crippen molar-refractivity contribution in [1.82, 2.24) is 19.8 Å². The van der Waals surface area contributed by atoms with Gasteiger partial charge in [0.15, 0.2) is 0 Å². The van der Waals surface area contributed by atoms with Crippen LogP contribution in [0.5, 0.6) is 0 Å². The summed E-state index contributed by atoms with van der Waals surface area (Å²) >= 11 is 0. The van der Waals surface area contributed by atoms with Crippen molar-refractivity contribution in [3.63, 3.8) is 0 Å². The summed E-state index contributed by atoms with van der Waals surface area (Å²) in [7, 11) is 0. The molecule has 5 heteroatoms. The van der Waals surface area contributed by atoms with Gasteiger partial charge in [0, 0.05) is 38.7 Å². The van der Waals surface area contributed by atoms with Gasteiger partial charge in [-0.3, -0.25) is 5.32 Å². The maximum atomic E-state index is 5.52. The lowest BCUT2D eigenvalue weighted by Crippen LogP contribution is -2.45. The zero-order valence-electron chi connectivity index (χ0n) is 37.4. The first kappa shape index (κ1) is 39.8. The standard InChI is InChI=1S/C63H47N5/c1-5-18-42(19-6-1)46-26-17-27-49(38-46)62-64-61(45-24-11-4-12-25-45)65-63(66-62)55-29-14-16-31-57(55)68-59-40-48(44-22-9-3-10-23-44)33-36-53(59)54-37-34-50(41-60(54)68)67-56-30-15-13-28-51(56)52-35-32-47(39-58(52)67)43-20-7-2-8-21-43/h1-12,14-27,29-41,62-63,66H,13,28H2,(H,64,65). The Hall–Kier alpha value is -8.51. The molecule has 324 valence electrons. The zero-order valence-corrected chi connectivity index (χ0v) is 37.4. The van der Waals surface area contributed by atoms with Crippen LogP contribution in [-0.2, 0) is 6.42 Å². The normalized spacial score (nSPS) is 15.6. The largest absolute Gasteiger partial charge is 0.350 e. The average Bonchev–Trinajstić information content (AvgIpc) is 3.93. The number of hydrogen-bond acceptors (Lipinski definition) is 3. The highest BCUT2D eigenvalue weighted by Crippen LogP contribution is 2.41. The van der Waals surface area contributed by atoms with Gasteiger partial charge in [-0.05, 0) is 99.8 Å². The fourth-order valence-electron chi connectivity index (χ4n) is 10.6. The summed E-state index contributed by atoms with van der Waals surface area (Å²) in [4.78, 5) is 5.52. The van der Waals surface area contributed by atoms with Crippen molar-refractivity contribution < 1.29 is 0 Å². The lowest BCUT2D eigenvalue weighted by Gasteiger charge is -2.33. The highest BCUT2D eigenvalue weighted by molar-refractivity contribution is 6.11. The van der Waals surface area contributed by atoms with Crippen molar-refractivity contribution in [3.05, 3.63) is 258 Å². The molecule has 3 heterocycles. The summed E-state index contributed by atoms with van der Waals surface area (Å²) in [5.41, 5.74) is 18.8. The maximum absolute atomic E-state index is 5.52. The van der Waals surface area contributed by atoms with Crippen LogP contribution in [0, 0.1) is 0 Å². The molecule has 9 aromatic carbocycles. The number of nitrogens with zero attached hydrogens (tertiary/aromatic N) is 3. The molecule has 68 heavy (non-hydrogen) atoms. The van der Waals surface area contributed by atoms with Crippen LogP contribution in [0.4, 0.5) is 0 Å². The fraction of sp³-hybridized carbons (Fsp3) is 0.0635. The smallest absolute Gasteiger partial charge is 0.131 e. The van der Waals surface area contributed by atoms with Gasteiger partial charge in [-0.1, -0.05) is 194 Å². The van der Waals surface area contributed by atoms with E-state index in [2.05, 4.69) is 256 Å². The Morgan fingerprint density at radius 2 is 0.985 bits per heavy atom. The Labute approximate surface area is 396 Å². The van der Waals surface area contributed by atoms with Crippen LogP contribution in [0.15, 0.2) is 236 Å². The monoisotopic (exact) mass is 873 g/mol.